The Bertz CT molecular complexity index is 421. The summed E-state index contributed by atoms with van der Waals surface area (Å²) in [4.78, 5) is 2.49. The van der Waals surface area contributed by atoms with Crippen LogP contribution in [0.25, 0.3) is 0 Å². The first kappa shape index (κ1) is 15.2. The Hall–Kier alpha value is -0.840. The zero-order valence-electron chi connectivity index (χ0n) is 11.0. The van der Waals surface area contributed by atoms with E-state index in [0.717, 1.165) is 24.2 Å². The van der Waals surface area contributed by atoms with Gasteiger partial charge in [-0.15, -0.1) is 0 Å². The standard InChI is InChI=1S/C13H20ClN3S/c1-9(6-7-17(2)3)16-10-4-5-11(13(15)18)12(14)8-10/h4-5,8-9,16H,6-7H2,1-3H3,(H2,15,18). The smallest absolute Gasteiger partial charge is 0.105 e. The molecule has 100 valence electrons. The van der Waals surface area contributed by atoms with Gasteiger partial charge < -0.3 is 16.0 Å². The number of halogens is 1. The van der Waals surface area contributed by atoms with E-state index in [0.29, 0.717) is 16.1 Å². The Labute approximate surface area is 119 Å². The second-order valence-electron chi connectivity index (χ2n) is 4.70. The third kappa shape index (κ3) is 4.80. The SMILES string of the molecule is CC(CCN(C)C)Nc1ccc(C(N)=S)c(Cl)c1. The predicted molar refractivity (Wildman–Crippen MR) is 83.6 cm³/mol. The highest BCUT2D eigenvalue weighted by atomic mass is 35.5. The highest BCUT2D eigenvalue weighted by Crippen LogP contribution is 2.21. The van der Waals surface area contributed by atoms with Gasteiger partial charge in [0.1, 0.15) is 4.99 Å². The van der Waals surface area contributed by atoms with Gasteiger partial charge in [0.05, 0.1) is 5.02 Å². The maximum Gasteiger partial charge on any atom is 0.105 e. The molecule has 18 heavy (non-hydrogen) atoms. The average Bonchev–Trinajstić information content (AvgIpc) is 2.26. The van der Waals surface area contributed by atoms with Crippen molar-refractivity contribution < 1.29 is 0 Å². The molecule has 0 saturated carbocycles. The van der Waals surface area contributed by atoms with E-state index in [-0.39, 0.29) is 0 Å². The van der Waals surface area contributed by atoms with Crippen molar-refractivity contribution in [2.24, 2.45) is 5.73 Å². The molecule has 0 fully saturated rings. The van der Waals surface area contributed by atoms with E-state index < -0.39 is 0 Å². The fraction of sp³-hybridized carbons (Fsp3) is 0.462. The summed E-state index contributed by atoms with van der Waals surface area (Å²) < 4.78 is 0. The molecule has 3 nitrogen and oxygen atoms in total. The van der Waals surface area contributed by atoms with E-state index in [1.807, 2.05) is 18.2 Å². The summed E-state index contributed by atoms with van der Waals surface area (Å²) in [7, 11) is 4.14. The fourth-order valence-electron chi connectivity index (χ4n) is 1.61. The van der Waals surface area contributed by atoms with Crippen LogP contribution in [0.1, 0.15) is 18.9 Å². The van der Waals surface area contributed by atoms with Crippen LogP contribution >= 0.6 is 23.8 Å². The van der Waals surface area contributed by atoms with Gasteiger partial charge in [-0.25, -0.2) is 0 Å². The lowest BCUT2D eigenvalue weighted by Gasteiger charge is -2.18. The molecule has 1 atom stereocenters. The second-order valence-corrected chi connectivity index (χ2v) is 5.54. The summed E-state index contributed by atoms with van der Waals surface area (Å²) in [5.74, 6) is 0. The van der Waals surface area contributed by atoms with E-state index in [2.05, 4.69) is 31.2 Å². The quantitative estimate of drug-likeness (QED) is 0.789. The van der Waals surface area contributed by atoms with Crippen molar-refractivity contribution in [3.05, 3.63) is 28.8 Å². The third-order valence-electron chi connectivity index (χ3n) is 2.66. The summed E-state index contributed by atoms with van der Waals surface area (Å²) in [6.07, 6.45) is 1.07. The van der Waals surface area contributed by atoms with Crippen molar-refractivity contribution in [2.75, 3.05) is 26.0 Å². The lowest BCUT2D eigenvalue weighted by Crippen LogP contribution is -2.23. The summed E-state index contributed by atoms with van der Waals surface area (Å²) >= 11 is 11.0. The van der Waals surface area contributed by atoms with Gasteiger partial charge in [-0.05, 0) is 52.2 Å². The van der Waals surface area contributed by atoms with Crippen LogP contribution < -0.4 is 11.1 Å². The summed E-state index contributed by atoms with van der Waals surface area (Å²) in [6.45, 7) is 3.20. The van der Waals surface area contributed by atoms with Crippen LogP contribution in [0, 0.1) is 0 Å². The van der Waals surface area contributed by atoms with Crippen molar-refractivity contribution in [1.82, 2.24) is 4.90 Å². The molecule has 0 aliphatic rings. The van der Waals surface area contributed by atoms with Crippen molar-refractivity contribution in [3.63, 3.8) is 0 Å². The van der Waals surface area contributed by atoms with Gasteiger partial charge >= 0.3 is 0 Å². The first-order valence-electron chi connectivity index (χ1n) is 5.90. The van der Waals surface area contributed by atoms with Gasteiger partial charge in [0.2, 0.25) is 0 Å². The monoisotopic (exact) mass is 285 g/mol. The molecule has 1 aromatic rings. The highest BCUT2D eigenvalue weighted by Gasteiger charge is 2.07. The van der Waals surface area contributed by atoms with Crippen molar-refractivity contribution in [2.45, 2.75) is 19.4 Å². The Morgan fingerprint density at radius 3 is 2.67 bits per heavy atom. The van der Waals surface area contributed by atoms with Gasteiger partial charge in [0, 0.05) is 17.3 Å². The summed E-state index contributed by atoms with van der Waals surface area (Å²) in [6, 6.07) is 6.06. The molecule has 0 aromatic heterocycles. The Morgan fingerprint density at radius 2 is 2.17 bits per heavy atom. The summed E-state index contributed by atoms with van der Waals surface area (Å²) in [5, 5.41) is 4.00. The molecular weight excluding hydrogens is 266 g/mol. The van der Waals surface area contributed by atoms with E-state index in [1.54, 1.807) is 0 Å². The van der Waals surface area contributed by atoms with Crippen LogP contribution in [0.15, 0.2) is 18.2 Å². The zero-order valence-corrected chi connectivity index (χ0v) is 12.6. The molecule has 5 heteroatoms. The minimum Gasteiger partial charge on any atom is -0.389 e. The topological polar surface area (TPSA) is 41.3 Å². The van der Waals surface area contributed by atoms with Gasteiger partial charge in [0.15, 0.2) is 0 Å². The molecule has 3 N–H and O–H groups in total. The second kappa shape index (κ2) is 6.92. The molecule has 0 radical (unpaired) electrons. The first-order chi connectivity index (χ1) is 8.40. The Morgan fingerprint density at radius 1 is 1.50 bits per heavy atom. The average molecular weight is 286 g/mol. The van der Waals surface area contributed by atoms with Crippen LogP contribution in [-0.4, -0.2) is 36.6 Å². The van der Waals surface area contributed by atoms with E-state index >= 15 is 0 Å². The zero-order chi connectivity index (χ0) is 13.7. The molecule has 0 aliphatic carbocycles. The van der Waals surface area contributed by atoms with Gasteiger partial charge in [0.25, 0.3) is 0 Å². The van der Waals surface area contributed by atoms with Crippen LogP contribution in [0.4, 0.5) is 5.69 Å². The Kier molecular flexibility index (Phi) is 5.85. The molecule has 1 rings (SSSR count). The van der Waals surface area contributed by atoms with Crippen LogP contribution in [0.2, 0.25) is 5.02 Å². The van der Waals surface area contributed by atoms with Gasteiger partial charge in [-0.2, -0.15) is 0 Å². The molecule has 0 bridgehead atoms. The minimum absolute atomic E-state index is 0.326. The molecule has 0 heterocycles. The molecule has 1 aromatic carbocycles. The largest absolute Gasteiger partial charge is 0.389 e. The molecular formula is C13H20ClN3S. The van der Waals surface area contributed by atoms with Gasteiger partial charge in [-0.3, -0.25) is 0 Å². The highest BCUT2D eigenvalue weighted by molar-refractivity contribution is 7.80. The number of rotatable bonds is 6. The number of thiocarbonyl (C=S) groups is 1. The lowest BCUT2D eigenvalue weighted by molar-refractivity contribution is 0.390. The Balaban J connectivity index is 2.63. The van der Waals surface area contributed by atoms with E-state index in [1.165, 1.54) is 0 Å². The van der Waals surface area contributed by atoms with E-state index in [4.69, 9.17) is 29.6 Å². The molecule has 1 unspecified atom stereocenters. The lowest BCUT2D eigenvalue weighted by atomic mass is 10.1. The first-order valence-corrected chi connectivity index (χ1v) is 6.69. The summed E-state index contributed by atoms with van der Waals surface area (Å²) in [5.41, 5.74) is 7.28. The van der Waals surface area contributed by atoms with Crippen LogP contribution in [-0.2, 0) is 0 Å². The number of nitrogens with one attached hydrogen (secondary N) is 1. The normalized spacial score (nSPS) is 12.5. The number of benzene rings is 1. The van der Waals surface area contributed by atoms with Crippen LogP contribution in [0.5, 0.6) is 0 Å². The molecule has 0 spiro atoms. The molecule has 0 saturated heterocycles. The maximum atomic E-state index is 6.12. The third-order valence-corrected chi connectivity index (χ3v) is 3.19. The molecule has 0 aliphatic heterocycles. The number of nitrogens with two attached hydrogens (primary N) is 1. The van der Waals surface area contributed by atoms with Crippen LogP contribution in [0.3, 0.4) is 0 Å². The van der Waals surface area contributed by atoms with E-state index in [9.17, 15) is 0 Å². The van der Waals surface area contributed by atoms with Crippen molar-refractivity contribution in [3.8, 4) is 0 Å². The number of nitrogens with zero attached hydrogens (tertiary/aromatic N) is 1. The number of hydrogen-bond acceptors (Lipinski definition) is 3. The van der Waals surface area contributed by atoms with Crippen molar-refractivity contribution >= 4 is 34.5 Å². The molecule has 0 amide bonds. The maximum absolute atomic E-state index is 6.12. The number of anilines is 1. The van der Waals surface area contributed by atoms with Gasteiger partial charge in [-0.1, -0.05) is 23.8 Å². The minimum atomic E-state index is 0.326. The fourth-order valence-corrected chi connectivity index (χ4v) is 2.13. The number of hydrogen-bond donors (Lipinski definition) is 2. The predicted octanol–water partition coefficient (Wildman–Crippen LogP) is 2.73. The van der Waals surface area contributed by atoms with Crippen molar-refractivity contribution in [1.29, 1.82) is 0 Å².